The summed E-state index contributed by atoms with van der Waals surface area (Å²) < 4.78 is 6.14. The SMILES string of the molecule is CC/C(=C\CCC(=O)N1CCC(C#N)CC1)c1ccc(OCC2CCN(c3ncc(CC)cn3)CC2)cc1. The van der Waals surface area contributed by atoms with E-state index >= 15 is 0 Å². The molecule has 2 fully saturated rings. The first-order valence-corrected chi connectivity index (χ1v) is 14.2. The lowest BCUT2D eigenvalue weighted by Gasteiger charge is -2.31. The molecule has 0 saturated carbocycles. The van der Waals surface area contributed by atoms with Crippen molar-refractivity contribution in [3.05, 3.63) is 53.9 Å². The van der Waals surface area contributed by atoms with Crippen LogP contribution in [0.2, 0.25) is 0 Å². The van der Waals surface area contributed by atoms with E-state index < -0.39 is 0 Å². The lowest BCUT2D eigenvalue weighted by molar-refractivity contribution is -0.132. The number of amides is 1. The van der Waals surface area contributed by atoms with Gasteiger partial charge >= 0.3 is 0 Å². The first-order chi connectivity index (χ1) is 18.6. The summed E-state index contributed by atoms with van der Waals surface area (Å²) in [6.45, 7) is 8.35. The summed E-state index contributed by atoms with van der Waals surface area (Å²) in [5.74, 6) is 2.58. The molecular formula is C31H41N5O2. The molecule has 4 rings (SSSR count). The monoisotopic (exact) mass is 515 g/mol. The topological polar surface area (TPSA) is 82.4 Å². The Bertz CT molecular complexity index is 1090. The van der Waals surface area contributed by atoms with Crippen molar-refractivity contribution in [2.75, 3.05) is 37.7 Å². The smallest absolute Gasteiger partial charge is 0.225 e. The highest BCUT2D eigenvalue weighted by Crippen LogP contribution is 2.25. The third-order valence-corrected chi connectivity index (χ3v) is 7.87. The summed E-state index contributed by atoms with van der Waals surface area (Å²) in [7, 11) is 0. The Kier molecular flexibility index (Phi) is 10.1. The summed E-state index contributed by atoms with van der Waals surface area (Å²) >= 11 is 0. The van der Waals surface area contributed by atoms with Gasteiger partial charge in [0.25, 0.3) is 0 Å². The van der Waals surface area contributed by atoms with Crippen molar-refractivity contribution in [2.45, 2.75) is 65.2 Å². The van der Waals surface area contributed by atoms with Crippen molar-refractivity contribution >= 4 is 17.4 Å². The van der Waals surface area contributed by atoms with Crippen molar-refractivity contribution in [3.63, 3.8) is 0 Å². The number of nitriles is 1. The first kappa shape index (κ1) is 27.6. The van der Waals surface area contributed by atoms with E-state index in [-0.39, 0.29) is 11.8 Å². The van der Waals surface area contributed by atoms with E-state index in [0.717, 1.165) is 76.3 Å². The molecule has 0 atom stereocenters. The Morgan fingerprint density at radius 2 is 1.74 bits per heavy atom. The summed E-state index contributed by atoms with van der Waals surface area (Å²) in [6.07, 6.45) is 13.0. The fourth-order valence-electron chi connectivity index (χ4n) is 5.23. The minimum Gasteiger partial charge on any atom is -0.493 e. The number of carbonyl (C=O) groups excluding carboxylic acids is 1. The lowest BCUT2D eigenvalue weighted by atomic mass is 9.98. The van der Waals surface area contributed by atoms with Crippen LogP contribution < -0.4 is 9.64 Å². The molecule has 2 aliphatic heterocycles. The van der Waals surface area contributed by atoms with Crippen LogP contribution in [0.25, 0.3) is 5.57 Å². The minimum atomic E-state index is 0.106. The van der Waals surface area contributed by atoms with Crippen LogP contribution in [0.4, 0.5) is 5.95 Å². The number of nitrogens with zero attached hydrogens (tertiary/aromatic N) is 5. The zero-order valence-corrected chi connectivity index (χ0v) is 22.9. The number of hydrogen-bond donors (Lipinski definition) is 0. The van der Waals surface area contributed by atoms with Gasteiger partial charge in [-0.1, -0.05) is 32.1 Å². The van der Waals surface area contributed by atoms with Gasteiger partial charge < -0.3 is 14.5 Å². The number of likely N-dealkylation sites (tertiary alicyclic amines) is 1. The highest BCUT2D eigenvalue weighted by Gasteiger charge is 2.23. The molecule has 0 bridgehead atoms. The van der Waals surface area contributed by atoms with E-state index in [1.54, 1.807) is 0 Å². The molecular weight excluding hydrogens is 474 g/mol. The zero-order chi connectivity index (χ0) is 26.7. The van der Waals surface area contributed by atoms with E-state index in [4.69, 9.17) is 10.00 Å². The number of carbonyl (C=O) groups is 1. The van der Waals surface area contributed by atoms with Crippen LogP contribution in [0, 0.1) is 23.2 Å². The molecule has 202 valence electrons. The molecule has 0 aliphatic carbocycles. The van der Waals surface area contributed by atoms with Crippen LogP contribution in [-0.2, 0) is 11.2 Å². The van der Waals surface area contributed by atoms with Gasteiger partial charge in [-0.2, -0.15) is 5.26 Å². The van der Waals surface area contributed by atoms with Crippen molar-refractivity contribution in [3.8, 4) is 11.8 Å². The number of rotatable bonds is 10. The highest BCUT2D eigenvalue weighted by molar-refractivity contribution is 5.77. The van der Waals surface area contributed by atoms with Crippen LogP contribution in [0.3, 0.4) is 0 Å². The Balaban J connectivity index is 1.19. The molecule has 0 radical (unpaired) electrons. The number of allylic oxidation sites excluding steroid dienone is 2. The minimum absolute atomic E-state index is 0.106. The van der Waals surface area contributed by atoms with Gasteiger partial charge in [0.15, 0.2) is 0 Å². The summed E-state index contributed by atoms with van der Waals surface area (Å²) in [4.78, 5) is 25.8. The van der Waals surface area contributed by atoms with Gasteiger partial charge in [0.05, 0.1) is 12.7 Å². The van der Waals surface area contributed by atoms with Gasteiger partial charge in [0.2, 0.25) is 11.9 Å². The van der Waals surface area contributed by atoms with E-state index in [0.29, 0.717) is 25.4 Å². The summed E-state index contributed by atoms with van der Waals surface area (Å²) in [5, 5.41) is 9.04. The molecule has 2 saturated heterocycles. The number of aryl methyl sites for hydroxylation is 1. The predicted molar refractivity (Wildman–Crippen MR) is 151 cm³/mol. The third kappa shape index (κ3) is 7.56. The van der Waals surface area contributed by atoms with Crippen LogP contribution in [0.5, 0.6) is 5.75 Å². The normalized spacial score (nSPS) is 17.3. The van der Waals surface area contributed by atoms with Gasteiger partial charge in [-0.15, -0.1) is 0 Å². The highest BCUT2D eigenvalue weighted by atomic mass is 16.5. The molecule has 1 amide bonds. The van der Waals surface area contributed by atoms with Crippen LogP contribution >= 0.6 is 0 Å². The van der Waals surface area contributed by atoms with E-state index in [2.05, 4.69) is 65.1 Å². The molecule has 7 heteroatoms. The Morgan fingerprint density at radius 3 is 2.34 bits per heavy atom. The van der Waals surface area contributed by atoms with Crippen molar-refractivity contribution in [1.29, 1.82) is 5.26 Å². The van der Waals surface area contributed by atoms with E-state index in [9.17, 15) is 4.79 Å². The maximum atomic E-state index is 12.5. The quantitative estimate of drug-likeness (QED) is 0.405. The summed E-state index contributed by atoms with van der Waals surface area (Å²) in [5.41, 5.74) is 3.61. The maximum Gasteiger partial charge on any atom is 0.225 e. The van der Waals surface area contributed by atoms with Gasteiger partial charge in [0, 0.05) is 50.9 Å². The average Bonchev–Trinajstić information content (AvgIpc) is 2.99. The van der Waals surface area contributed by atoms with Crippen molar-refractivity contribution in [1.82, 2.24) is 14.9 Å². The fraction of sp³-hybridized carbons (Fsp3) is 0.548. The molecule has 1 aromatic carbocycles. The largest absolute Gasteiger partial charge is 0.493 e. The number of anilines is 1. The predicted octanol–water partition coefficient (Wildman–Crippen LogP) is 5.67. The average molecular weight is 516 g/mol. The number of piperidine rings is 2. The van der Waals surface area contributed by atoms with Gasteiger partial charge in [-0.25, -0.2) is 9.97 Å². The standard InChI is InChI=1S/C31H41N5O2/c1-3-24-21-33-31(34-22-24)36-18-14-26(15-19-36)23-38-29-10-8-28(9-11-29)27(4-2)6-5-7-30(37)35-16-12-25(20-32)13-17-35/h6,8-11,21-22,25-26H,3-5,7,12-19,23H2,1-2H3/b27-6+. The van der Waals surface area contributed by atoms with Crippen LogP contribution in [-0.4, -0.2) is 53.6 Å². The lowest BCUT2D eigenvalue weighted by Crippen LogP contribution is -2.38. The molecule has 2 aliphatic rings. The summed E-state index contributed by atoms with van der Waals surface area (Å²) in [6, 6.07) is 10.7. The fourth-order valence-corrected chi connectivity index (χ4v) is 5.23. The Labute approximate surface area is 227 Å². The number of ether oxygens (including phenoxy) is 1. The number of hydrogen-bond acceptors (Lipinski definition) is 6. The van der Waals surface area contributed by atoms with Gasteiger partial charge in [-0.3, -0.25) is 4.79 Å². The third-order valence-electron chi connectivity index (χ3n) is 7.87. The molecule has 2 aromatic rings. The van der Waals surface area contributed by atoms with Crippen LogP contribution in [0.1, 0.15) is 69.9 Å². The Morgan fingerprint density at radius 1 is 1.05 bits per heavy atom. The first-order valence-electron chi connectivity index (χ1n) is 14.2. The number of aromatic nitrogens is 2. The van der Waals surface area contributed by atoms with Crippen molar-refractivity contribution in [2.24, 2.45) is 11.8 Å². The second kappa shape index (κ2) is 13.9. The maximum absolute atomic E-state index is 12.5. The van der Waals surface area contributed by atoms with E-state index in [1.165, 1.54) is 16.7 Å². The van der Waals surface area contributed by atoms with Crippen LogP contribution in [0.15, 0.2) is 42.7 Å². The molecule has 0 unspecified atom stereocenters. The molecule has 3 heterocycles. The second-order valence-electron chi connectivity index (χ2n) is 10.4. The molecule has 0 spiro atoms. The number of benzene rings is 1. The van der Waals surface area contributed by atoms with Gasteiger partial charge in [-0.05, 0) is 79.7 Å². The Hall–Kier alpha value is -3.40. The second-order valence-corrected chi connectivity index (χ2v) is 10.4. The zero-order valence-electron chi connectivity index (χ0n) is 22.9. The molecule has 38 heavy (non-hydrogen) atoms. The van der Waals surface area contributed by atoms with E-state index in [1.807, 2.05) is 17.3 Å². The molecule has 0 N–H and O–H groups in total. The van der Waals surface area contributed by atoms with Crippen molar-refractivity contribution < 1.29 is 9.53 Å². The molecule has 7 nitrogen and oxygen atoms in total. The van der Waals surface area contributed by atoms with Gasteiger partial charge in [0.1, 0.15) is 5.75 Å². The molecule has 1 aromatic heterocycles.